The summed E-state index contributed by atoms with van der Waals surface area (Å²) >= 11 is 0. The Labute approximate surface area is 189 Å². The quantitative estimate of drug-likeness (QED) is 0.261. The lowest BCUT2D eigenvalue weighted by Gasteiger charge is -2.10. The largest absolute Gasteiger partial charge is 0.448 e. The van der Waals surface area contributed by atoms with Crippen molar-refractivity contribution in [1.82, 2.24) is 0 Å². The predicted octanol–water partition coefficient (Wildman–Crippen LogP) is 8.31. The van der Waals surface area contributed by atoms with Crippen LogP contribution in [0.15, 0.2) is 66.3 Å². The van der Waals surface area contributed by atoms with Gasteiger partial charge in [0.15, 0.2) is 0 Å². The first kappa shape index (κ1) is 23.1. The fraction of sp³-hybridized carbons (Fsp3) is 0.414. The van der Waals surface area contributed by atoms with Gasteiger partial charge in [-0.3, -0.25) is 0 Å². The number of rotatable bonds is 11. The summed E-state index contributed by atoms with van der Waals surface area (Å²) in [4.78, 5) is 0. The van der Waals surface area contributed by atoms with E-state index in [4.69, 9.17) is 5.84 Å². The van der Waals surface area contributed by atoms with Crippen LogP contribution >= 0.6 is 0 Å². The number of benzene rings is 2. The third-order valence-corrected chi connectivity index (χ3v) is 6.01. The summed E-state index contributed by atoms with van der Waals surface area (Å²) in [5, 5.41) is 0. The highest BCUT2D eigenvalue weighted by Crippen LogP contribution is 2.30. The molecule has 0 fully saturated rings. The summed E-state index contributed by atoms with van der Waals surface area (Å²) in [7, 11) is 0. The van der Waals surface area contributed by atoms with Gasteiger partial charge in [0.1, 0.15) is 0 Å². The zero-order chi connectivity index (χ0) is 22.1. The molecule has 164 valence electrons. The minimum atomic E-state index is 0.982. The molecule has 1 heterocycles. The van der Waals surface area contributed by atoms with Gasteiger partial charge in [-0.15, -0.1) is 0 Å². The van der Waals surface area contributed by atoms with E-state index in [-0.39, 0.29) is 0 Å². The number of allylic oxidation sites excluding steroid dienone is 3. The first-order valence-electron chi connectivity index (χ1n) is 12.2. The Balaban J connectivity index is 2.00. The fourth-order valence-electron chi connectivity index (χ4n) is 4.18. The molecule has 2 heteroatoms. The van der Waals surface area contributed by atoms with Crippen LogP contribution in [0, 0.1) is 0 Å². The smallest absolute Gasteiger partial charge is 0.215 e. The van der Waals surface area contributed by atoms with Crippen LogP contribution in [0.5, 0.6) is 0 Å². The van der Waals surface area contributed by atoms with Gasteiger partial charge in [0, 0.05) is 22.8 Å². The van der Waals surface area contributed by atoms with Crippen molar-refractivity contribution in [2.75, 3.05) is 0 Å². The summed E-state index contributed by atoms with van der Waals surface area (Å²) in [5.74, 6) is 9.04. The molecule has 0 aliphatic carbocycles. The first-order chi connectivity index (χ1) is 15.2. The highest BCUT2D eigenvalue weighted by Gasteiger charge is 2.28. The van der Waals surface area contributed by atoms with Crippen LogP contribution in [0.1, 0.15) is 88.0 Å². The predicted molar refractivity (Wildman–Crippen MR) is 134 cm³/mol. The van der Waals surface area contributed by atoms with Crippen LogP contribution in [-0.2, 0) is 12.8 Å². The molecule has 1 N–H and O–H groups in total. The van der Waals surface area contributed by atoms with E-state index < -0.39 is 0 Å². The van der Waals surface area contributed by atoms with Crippen molar-refractivity contribution in [2.24, 2.45) is 0 Å². The minimum Gasteiger partial charge on any atom is -0.448 e. The molecule has 0 unspecified atom stereocenters. The summed E-state index contributed by atoms with van der Waals surface area (Å²) < 4.78 is 1.66. The molecule has 0 atom stereocenters. The second kappa shape index (κ2) is 11.7. The Kier molecular flexibility index (Phi) is 8.70. The zero-order valence-corrected chi connectivity index (χ0v) is 19.6. The third-order valence-electron chi connectivity index (χ3n) is 6.01. The van der Waals surface area contributed by atoms with Gasteiger partial charge in [-0.1, -0.05) is 76.8 Å². The summed E-state index contributed by atoms with van der Waals surface area (Å²) in [5.41, 5.74) is 8.20. The number of unbranched alkanes of at least 4 members (excludes halogenated alkanes) is 4. The van der Waals surface area contributed by atoms with Crippen LogP contribution < -0.4 is 0 Å². The van der Waals surface area contributed by atoms with Crippen molar-refractivity contribution >= 4 is 11.4 Å². The number of nitrogens with zero attached hydrogens (tertiary/aromatic N) is 1. The van der Waals surface area contributed by atoms with Crippen LogP contribution in [0.25, 0.3) is 11.5 Å². The molecule has 0 bridgehead atoms. The van der Waals surface area contributed by atoms with Crippen molar-refractivity contribution in [3.8, 4) is 0 Å². The standard InChI is InChI=1S/C29H38N2/c1-4-7-10-17-27-22-28(25-18-11-15-23(20-25)13-8-5-2)31(30)29(27)26-19-12-16-24(21-26)14-9-6-3/h11-12,15-22,30H,4-10,13-14H2,1-3H3. The maximum atomic E-state index is 9.04. The summed E-state index contributed by atoms with van der Waals surface area (Å²) in [6.07, 6.45) is 15.0. The van der Waals surface area contributed by atoms with E-state index >= 15 is 0 Å². The normalized spacial score (nSPS) is 15.1. The molecule has 31 heavy (non-hydrogen) atoms. The Hall–Kier alpha value is -2.61. The molecule has 0 aromatic heterocycles. The molecule has 0 saturated heterocycles. The van der Waals surface area contributed by atoms with Crippen molar-refractivity contribution in [3.63, 3.8) is 0 Å². The molecular formula is C29H38N2. The SMILES string of the molecule is CCCCC=C1C=C(c2cccc(CCCC)c2)[N+]([NH-])=C1c1cccc(CCCC)c1. The molecular weight excluding hydrogens is 376 g/mol. The van der Waals surface area contributed by atoms with E-state index in [0.717, 1.165) is 41.8 Å². The van der Waals surface area contributed by atoms with Crippen LogP contribution in [0.2, 0.25) is 0 Å². The van der Waals surface area contributed by atoms with Gasteiger partial charge in [-0.25, -0.2) is 4.68 Å². The van der Waals surface area contributed by atoms with Gasteiger partial charge >= 0.3 is 0 Å². The lowest BCUT2D eigenvalue weighted by Crippen LogP contribution is -2.11. The van der Waals surface area contributed by atoms with Crippen molar-refractivity contribution in [1.29, 1.82) is 0 Å². The Morgan fingerprint density at radius 3 is 1.97 bits per heavy atom. The van der Waals surface area contributed by atoms with E-state index in [9.17, 15) is 0 Å². The zero-order valence-electron chi connectivity index (χ0n) is 19.6. The molecule has 2 nitrogen and oxygen atoms in total. The number of hydrogen-bond acceptors (Lipinski definition) is 0. The topological polar surface area (TPSA) is 26.8 Å². The molecule has 1 aliphatic rings. The fourth-order valence-corrected chi connectivity index (χ4v) is 4.18. The third kappa shape index (κ3) is 5.97. The van der Waals surface area contributed by atoms with Gasteiger partial charge in [-0.2, -0.15) is 0 Å². The molecule has 2 aromatic carbocycles. The Morgan fingerprint density at radius 1 is 0.774 bits per heavy atom. The van der Waals surface area contributed by atoms with E-state index in [1.165, 1.54) is 55.2 Å². The van der Waals surface area contributed by atoms with Crippen LogP contribution in [0.4, 0.5) is 0 Å². The number of hydrogen-bond donors (Lipinski definition) is 0. The van der Waals surface area contributed by atoms with E-state index in [2.05, 4.69) is 81.5 Å². The molecule has 1 aliphatic heterocycles. The first-order valence-corrected chi connectivity index (χ1v) is 12.2. The molecule has 0 radical (unpaired) electrons. The maximum absolute atomic E-state index is 9.04. The van der Waals surface area contributed by atoms with Crippen LogP contribution in [0.3, 0.4) is 0 Å². The van der Waals surface area contributed by atoms with Gasteiger partial charge in [0.2, 0.25) is 11.4 Å². The van der Waals surface area contributed by atoms with Gasteiger partial charge in [0.05, 0.1) is 0 Å². The van der Waals surface area contributed by atoms with Crippen molar-refractivity contribution in [3.05, 3.63) is 94.4 Å². The summed E-state index contributed by atoms with van der Waals surface area (Å²) in [6.45, 7) is 6.70. The molecule has 2 aromatic rings. The summed E-state index contributed by atoms with van der Waals surface area (Å²) in [6, 6.07) is 17.6. The molecule has 0 saturated carbocycles. The van der Waals surface area contributed by atoms with E-state index in [1.54, 1.807) is 4.68 Å². The van der Waals surface area contributed by atoms with Gasteiger partial charge in [0.25, 0.3) is 0 Å². The van der Waals surface area contributed by atoms with Crippen molar-refractivity contribution in [2.45, 2.75) is 78.6 Å². The lowest BCUT2D eigenvalue weighted by atomic mass is 9.98. The van der Waals surface area contributed by atoms with E-state index in [0.29, 0.717) is 0 Å². The Morgan fingerprint density at radius 2 is 1.35 bits per heavy atom. The highest BCUT2D eigenvalue weighted by molar-refractivity contribution is 6.15. The van der Waals surface area contributed by atoms with Crippen molar-refractivity contribution < 1.29 is 4.68 Å². The van der Waals surface area contributed by atoms with Gasteiger partial charge < -0.3 is 5.84 Å². The number of aryl methyl sites for hydroxylation is 2. The molecule has 0 spiro atoms. The average molecular weight is 415 g/mol. The van der Waals surface area contributed by atoms with E-state index in [1.807, 2.05) is 0 Å². The molecule has 3 rings (SSSR count). The second-order valence-corrected chi connectivity index (χ2v) is 8.62. The second-order valence-electron chi connectivity index (χ2n) is 8.62. The highest BCUT2D eigenvalue weighted by atomic mass is 15.3. The van der Waals surface area contributed by atoms with Gasteiger partial charge in [-0.05, 0) is 67.5 Å². The maximum Gasteiger partial charge on any atom is 0.215 e. The lowest BCUT2D eigenvalue weighted by molar-refractivity contribution is -0.347. The van der Waals surface area contributed by atoms with Crippen LogP contribution in [-0.4, -0.2) is 10.4 Å². The number of nitrogens with one attached hydrogen (secondary N) is 1. The molecule has 0 amide bonds. The monoisotopic (exact) mass is 414 g/mol. The Bertz CT molecular complexity index is 962. The minimum absolute atomic E-state index is 0.982. The average Bonchev–Trinajstić information content (AvgIpc) is 3.13.